The molecule has 1 aromatic heterocycles. The molecule has 31 heavy (non-hydrogen) atoms. The van der Waals surface area contributed by atoms with Gasteiger partial charge in [0.1, 0.15) is 0 Å². The van der Waals surface area contributed by atoms with Crippen molar-refractivity contribution in [1.82, 2.24) is 16.0 Å². The van der Waals surface area contributed by atoms with Gasteiger partial charge in [-0.2, -0.15) is 0 Å². The first-order valence-corrected chi connectivity index (χ1v) is 9.91. The lowest BCUT2D eigenvalue weighted by molar-refractivity contribution is 0.0841. The number of methoxy groups -OCH3 is 1. The molecule has 3 aromatic rings. The van der Waals surface area contributed by atoms with Gasteiger partial charge >= 0.3 is 0 Å². The lowest BCUT2D eigenvalue weighted by Crippen LogP contribution is -2.41. The molecule has 8 nitrogen and oxygen atoms in total. The van der Waals surface area contributed by atoms with Gasteiger partial charge in [-0.1, -0.05) is 49.3 Å². The highest BCUT2D eigenvalue weighted by Gasteiger charge is 2.16. The number of rotatable bonds is 8. The Morgan fingerprint density at radius 2 is 1.74 bits per heavy atom. The molecule has 2 amide bonds. The Morgan fingerprint density at radius 1 is 1.00 bits per heavy atom. The molecule has 1 heterocycles. The molecule has 0 aliphatic rings. The summed E-state index contributed by atoms with van der Waals surface area (Å²) in [7, 11) is 1.50. The van der Waals surface area contributed by atoms with Crippen molar-refractivity contribution in [2.45, 2.75) is 20.3 Å². The Hall–Kier alpha value is -3.81. The number of hydrazine groups is 1. The van der Waals surface area contributed by atoms with E-state index in [0.29, 0.717) is 35.3 Å². The van der Waals surface area contributed by atoms with E-state index in [0.717, 1.165) is 12.0 Å². The SMILES string of the molecule is COc1cc(C(=O)NNC(=O)c2cc(-c3ccccc3)on2)ccc1OCCC(C)C. The standard InChI is InChI=1S/C23H25N3O5/c1-15(2)11-12-30-19-10-9-17(13-21(19)29-3)22(27)24-25-23(28)18-14-20(31-26-18)16-7-5-4-6-8-16/h4-10,13-15H,11-12H2,1-3H3,(H,24,27)(H,25,28). The van der Waals surface area contributed by atoms with Crippen LogP contribution in [0.5, 0.6) is 11.5 Å². The van der Waals surface area contributed by atoms with Crippen LogP contribution in [0.1, 0.15) is 41.1 Å². The summed E-state index contributed by atoms with van der Waals surface area (Å²) in [6, 6.07) is 15.6. The van der Waals surface area contributed by atoms with Crippen LogP contribution in [0.25, 0.3) is 11.3 Å². The minimum absolute atomic E-state index is 0.0469. The van der Waals surface area contributed by atoms with Gasteiger partial charge in [0.05, 0.1) is 13.7 Å². The number of hydrogen-bond donors (Lipinski definition) is 2. The average Bonchev–Trinajstić information content (AvgIpc) is 3.28. The highest BCUT2D eigenvalue weighted by atomic mass is 16.5. The molecule has 0 bridgehead atoms. The van der Waals surface area contributed by atoms with Gasteiger partial charge in [-0.15, -0.1) is 0 Å². The minimum Gasteiger partial charge on any atom is -0.493 e. The maximum Gasteiger partial charge on any atom is 0.291 e. The van der Waals surface area contributed by atoms with E-state index in [2.05, 4.69) is 29.9 Å². The van der Waals surface area contributed by atoms with Crippen molar-refractivity contribution >= 4 is 11.8 Å². The average molecular weight is 423 g/mol. The molecule has 8 heteroatoms. The van der Waals surface area contributed by atoms with Crippen molar-refractivity contribution in [3.8, 4) is 22.8 Å². The molecule has 0 saturated carbocycles. The first kappa shape index (κ1) is 21.9. The number of carbonyl (C=O) groups excluding carboxylic acids is 2. The predicted octanol–water partition coefficient (Wildman–Crippen LogP) is 3.85. The highest BCUT2D eigenvalue weighted by Crippen LogP contribution is 2.28. The van der Waals surface area contributed by atoms with E-state index in [1.807, 2.05) is 30.3 Å². The van der Waals surface area contributed by atoms with Crippen LogP contribution in [-0.2, 0) is 0 Å². The molecular weight excluding hydrogens is 398 g/mol. The van der Waals surface area contributed by atoms with Crippen molar-refractivity contribution in [3.05, 3.63) is 65.9 Å². The van der Waals surface area contributed by atoms with E-state index >= 15 is 0 Å². The number of hydrogen-bond acceptors (Lipinski definition) is 6. The van der Waals surface area contributed by atoms with Crippen LogP contribution in [0.4, 0.5) is 0 Å². The molecule has 0 aliphatic carbocycles. The van der Waals surface area contributed by atoms with E-state index in [1.54, 1.807) is 18.2 Å². The van der Waals surface area contributed by atoms with E-state index in [1.165, 1.54) is 13.2 Å². The lowest BCUT2D eigenvalue weighted by Gasteiger charge is -2.13. The quantitative estimate of drug-likeness (QED) is 0.534. The van der Waals surface area contributed by atoms with E-state index in [4.69, 9.17) is 14.0 Å². The van der Waals surface area contributed by atoms with Gasteiger partial charge in [0, 0.05) is 17.2 Å². The lowest BCUT2D eigenvalue weighted by atomic mass is 10.1. The second-order valence-corrected chi connectivity index (χ2v) is 7.25. The largest absolute Gasteiger partial charge is 0.493 e. The maximum absolute atomic E-state index is 12.4. The van der Waals surface area contributed by atoms with E-state index in [9.17, 15) is 9.59 Å². The number of nitrogens with one attached hydrogen (secondary N) is 2. The Kier molecular flexibility index (Phi) is 7.26. The van der Waals surface area contributed by atoms with Gasteiger partial charge in [0.25, 0.3) is 11.8 Å². The molecule has 0 unspecified atom stereocenters. The third-order valence-corrected chi connectivity index (χ3v) is 4.47. The number of amides is 2. The fourth-order valence-electron chi connectivity index (χ4n) is 2.70. The molecule has 2 N–H and O–H groups in total. The topological polar surface area (TPSA) is 103 Å². The fraction of sp³-hybridized carbons (Fsp3) is 0.261. The second-order valence-electron chi connectivity index (χ2n) is 7.25. The molecule has 2 aromatic carbocycles. The zero-order chi connectivity index (χ0) is 22.2. The van der Waals surface area contributed by atoms with Crippen molar-refractivity contribution in [2.75, 3.05) is 13.7 Å². The van der Waals surface area contributed by atoms with Gasteiger partial charge in [0.15, 0.2) is 23.0 Å². The Bertz CT molecular complexity index is 1030. The molecule has 0 radical (unpaired) electrons. The monoisotopic (exact) mass is 423 g/mol. The number of nitrogens with zero attached hydrogens (tertiary/aromatic N) is 1. The molecule has 0 fully saturated rings. The zero-order valence-electron chi connectivity index (χ0n) is 17.7. The van der Waals surface area contributed by atoms with Crippen LogP contribution < -0.4 is 20.3 Å². The van der Waals surface area contributed by atoms with E-state index in [-0.39, 0.29) is 5.69 Å². The molecule has 0 aliphatic heterocycles. The summed E-state index contributed by atoms with van der Waals surface area (Å²) in [5.41, 5.74) is 5.83. The van der Waals surface area contributed by atoms with Gasteiger partial charge in [-0.25, -0.2) is 0 Å². The summed E-state index contributed by atoms with van der Waals surface area (Å²) in [6.07, 6.45) is 0.908. The van der Waals surface area contributed by atoms with Crippen LogP contribution in [-0.4, -0.2) is 30.7 Å². The Balaban J connectivity index is 1.59. The fourth-order valence-corrected chi connectivity index (χ4v) is 2.70. The highest BCUT2D eigenvalue weighted by molar-refractivity contribution is 5.98. The summed E-state index contributed by atoms with van der Waals surface area (Å²) >= 11 is 0. The Morgan fingerprint density at radius 3 is 2.45 bits per heavy atom. The molecule has 0 saturated heterocycles. The van der Waals surface area contributed by atoms with Crippen LogP contribution >= 0.6 is 0 Å². The van der Waals surface area contributed by atoms with Gasteiger partial charge < -0.3 is 14.0 Å². The van der Waals surface area contributed by atoms with Crippen molar-refractivity contribution in [3.63, 3.8) is 0 Å². The zero-order valence-corrected chi connectivity index (χ0v) is 17.7. The second kappa shape index (κ2) is 10.3. The van der Waals surface area contributed by atoms with Crippen LogP contribution in [0.3, 0.4) is 0 Å². The van der Waals surface area contributed by atoms with Gasteiger partial charge in [-0.05, 0) is 30.5 Å². The Labute approximate surface area is 180 Å². The summed E-state index contributed by atoms with van der Waals surface area (Å²) in [5.74, 6) is 0.863. The number of aromatic nitrogens is 1. The van der Waals surface area contributed by atoms with Crippen LogP contribution in [0.2, 0.25) is 0 Å². The number of benzene rings is 2. The van der Waals surface area contributed by atoms with Crippen LogP contribution in [0, 0.1) is 5.92 Å². The van der Waals surface area contributed by atoms with E-state index < -0.39 is 11.8 Å². The first-order valence-electron chi connectivity index (χ1n) is 9.91. The molecule has 3 rings (SSSR count). The van der Waals surface area contributed by atoms with Gasteiger partial charge in [-0.3, -0.25) is 20.4 Å². The number of ether oxygens (including phenoxy) is 2. The maximum atomic E-state index is 12.4. The normalized spacial score (nSPS) is 10.6. The van der Waals surface area contributed by atoms with Gasteiger partial charge in [0.2, 0.25) is 0 Å². The molecule has 162 valence electrons. The number of carbonyl (C=O) groups is 2. The van der Waals surface area contributed by atoms with Crippen LogP contribution in [0.15, 0.2) is 59.1 Å². The first-order chi connectivity index (χ1) is 15.0. The summed E-state index contributed by atoms with van der Waals surface area (Å²) in [6.45, 7) is 4.78. The predicted molar refractivity (Wildman–Crippen MR) is 115 cm³/mol. The third-order valence-electron chi connectivity index (χ3n) is 4.47. The summed E-state index contributed by atoms with van der Waals surface area (Å²) < 4.78 is 16.2. The molecular formula is C23H25N3O5. The summed E-state index contributed by atoms with van der Waals surface area (Å²) in [4.78, 5) is 24.7. The van der Waals surface area contributed by atoms with Crippen molar-refractivity contribution < 1.29 is 23.6 Å². The minimum atomic E-state index is -0.597. The third kappa shape index (κ3) is 5.85. The smallest absolute Gasteiger partial charge is 0.291 e. The summed E-state index contributed by atoms with van der Waals surface area (Å²) in [5, 5.41) is 3.75. The van der Waals surface area contributed by atoms with Crippen molar-refractivity contribution in [2.24, 2.45) is 5.92 Å². The molecule has 0 spiro atoms. The van der Waals surface area contributed by atoms with Crippen molar-refractivity contribution in [1.29, 1.82) is 0 Å². The molecule has 0 atom stereocenters.